The first-order valence-electron chi connectivity index (χ1n) is 7.63. The van der Waals surface area contributed by atoms with E-state index in [9.17, 15) is 14.9 Å². The van der Waals surface area contributed by atoms with Crippen LogP contribution in [0.15, 0.2) is 50.8 Å². The van der Waals surface area contributed by atoms with Crippen molar-refractivity contribution in [3.8, 4) is 0 Å². The monoisotopic (exact) mass is 387 g/mol. The number of hydrogen-bond donors (Lipinski definition) is 0. The molecule has 7 nitrogen and oxygen atoms in total. The van der Waals surface area contributed by atoms with E-state index in [4.69, 9.17) is 16.6 Å². The molecule has 3 rings (SSSR count). The lowest BCUT2D eigenvalue weighted by molar-refractivity contribution is -0.402. The molecule has 0 atom stereocenters. The van der Waals surface area contributed by atoms with Crippen LogP contribution in [0.4, 0.5) is 5.88 Å². The number of benzene rings is 1. The van der Waals surface area contributed by atoms with Gasteiger partial charge in [-0.05, 0) is 35.8 Å². The Hall–Kier alpha value is -2.78. The molecule has 1 aliphatic heterocycles. The van der Waals surface area contributed by atoms with Gasteiger partial charge in [-0.2, -0.15) is 10.1 Å². The molecule has 2 heterocycles. The average molecular weight is 387 g/mol. The topological polar surface area (TPSA) is 89.0 Å². The van der Waals surface area contributed by atoms with E-state index in [2.05, 4.69) is 12.0 Å². The molecule has 0 aliphatic carbocycles. The summed E-state index contributed by atoms with van der Waals surface area (Å²) in [5.41, 5.74) is 2.06. The Morgan fingerprint density at radius 2 is 2.04 bits per heavy atom. The van der Waals surface area contributed by atoms with Gasteiger partial charge in [0.1, 0.15) is 10.7 Å². The Balaban J connectivity index is 1.76. The van der Waals surface area contributed by atoms with Crippen molar-refractivity contribution in [2.24, 2.45) is 5.10 Å². The number of nitrogens with zero attached hydrogens (tertiary/aromatic N) is 3. The maximum absolute atomic E-state index is 12.4. The van der Waals surface area contributed by atoms with Crippen molar-refractivity contribution in [2.45, 2.75) is 13.3 Å². The minimum absolute atomic E-state index is 0.205. The Morgan fingerprint density at radius 1 is 1.31 bits per heavy atom. The van der Waals surface area contributed by atoms with Gasteiger partial charge < -0.3 is 4.42 Å². The zero-order valence-corrected chi connectivity index (χ0v) is 15.3. The Labute approximate surface area is 158 Å². The van der Waals surface area contributed by atoms with E-state index in [0.717, 1.165) is 28.8 Å². The van der Waals surface area contributed by atoms with E-state index < -0.39 is 10.8 Å². The number of carbonyl (C=O) groups is 1. The van der Waals surface area contributed by atoms with Crippen LogP contribution >= 0.6 is 24.0 Å². The fourth-order valence-electron chi connectivity index (χ4n) is 2.17. The predicted octanol–water partition coefficient (Wildman–Crippen LogP) is 3.99. The van der Waals surface area contributed by atoms with Gasteiger partial charge in [-0.1, -0.05) is 43.0 Å². The Kier molecular flexibility index (Phi) is 5.29. The van der Waals surface area contributed by atoms with Gasteiger partial charge in [0, 0.05) is 6.08 Å². The number of nitro groups is 1. The van der Waals surface area contributed by atoms with Gasteiger partial charge in [-0.15, -0.1) is 0 Å². The third kappa shape index (κ3) is 3.89. The van der Waals surface area contributed by atoms with E-state index >= 15 is 0 Å². The molecule has 1 aromatic carbocycles. The van der Waals surface area contributed by atoms with Crippen molar-refractivity contribution in [1.82, 2.24) is 5.01 Å². The lowest BCUT2D eigenvalue weighted by Crippen LogP contribution is -2.22. The average Bonchev–Trinajstić information content (AvgIpc) is 3.20. The number of aryl methyl sites for hydroxylation is 1. The smallest absolute Gasteiger partial charge is 0.401 e. The number of hydrazone groups is 1. The van der Waals surface area contributed by atoms with Gasteiger partial charge in [-0.3, -0.25) is 14.9 Å². The summed E-state index contributed by atoms with van der Waals surface area (Å²) < 4.78 is 5.32. The number of rotatable bonds is 5. The van der Waals surface area contributed by atoms with Gasteiger partial charge in [0.25, 0.3) is 5.91 Å². The molecule has 0 saturated carbocycles. The van der Waals surface area contributed by atoms with Crippen LogP contribution in [0.1, 0.15) is 23.8 Å². The molecule has 2 aromatic rings. The van der Waals surface area contributed by atoms with E-state index in [1.165, 1.54) is 23.8 Å². The summed E-state index contributed by atoms with van der Waals surface area (Å²) in [4.78, 5) is 22.7. The highest BCUT2D eigenvalue weighted by Crippen LogP contribution is 2.33. The summed E-state index contributed by atoms with van der Waals surface area (Å²) in [6.45, 7) is 2.07. The van der Waals surface area contributed by atoms with Crippen molar-refractivity contribution in [1.29, 1.82) is 0 Å². The van der Waals surface area contributed by atoms with Gasteiger partial charge >= 0.3 is 5.88 Å². The van der Waals surface area contributed by atoms with Crippen LogP contribution < -0.4 is 0 Å². The molecule has 0 bridgehead atoms. The third-order valence-electron chi connectivity index (χ3n) is 3.55. The van der Waals surface area contributed by atoms with Gasteiger partial charge in [-0.25, -0.2) is 0 Å². The fourth-order valence-corrected chi connectivity index (χ4v) is 3.32. The number of thioether (sulfide) groups is 1. The van der Waals surface area contributed by atoms with E-state index in [0.29, 0.717) is 0 Å². The van der Waals surface area contributed by atoms with E-state index in [1.54, 1.807) is 6.21 Å². The van der Waals surface area contributed by atoms with Gasteiger partial charge in [0.05, 0.1) is 17.2 Å². The zero-order chi connectivity index (χ0) is 18.7. The minimum Gasteiger partial charge on any atom is -0.401 e. The number of carbonyl (C=O) groups excluding carboxylic acids is 1. The van der Waals surface area contributed by atoms with Crippen molar-refractivity contribution < 1.29 is 14.1 Å². The quantitative estimate of drug-likeness (QED) is 0.253. The molecule has 0 unspecified atom stereocenters. The summed E-state index contributed by atoms with van der Waals surface area (Å²) >= 11 is 6.25. The normalized spacial score (nSPS) is 16.2. The number of hydrogen-bond acceptors (Lipinski definition) is 7. The largest absolute Gasteiger partial charge is 0.433 e. The molecule has 0 spiro atoms. The van der Waals surface area contributed by atoms with Crippen molar-refractivity contribution in [2.75, 3.05) is 0 Å². The van der Waals surface area contributed by atoms with Crippen LogP contribution in [0.2, 0.25) is 0 Å². The molecule has 1 aromatic heterocycles. The molecule has 1 fully saturated rings. The molecule has 132 valence electrons. The summed E-state index contributed by atoms with van der Waals surface area (Å²) in [5.74, 6) is -0.586. The molecular formula is C17H13N3O4S2. The maximum Gasteiger partial charge on any atom is 0.433 e. The van der Waals surface area contributed by atoms with Crippen LogP contribution in [0, 0.1) is 10.1 Å². The molecule has 0 N–H and O–H groups in total. The molecule has 1 saturated heterocycles. The molecule has 1 amide bonds. The highest BCUT2D eigenvalue weighted by atomic mass is 32.2. The maximum atomic E-state index is 12.4. The number of thiocarbonyl (C=S) groups is 1. The molecule has 26 heavy (non-hydrogen) atoms. The van der Waals surface area contributed by atoms with Crippen LogP contribution in [-0.4, -0.2) is 26.4 Å². The van der Waals surface area contributed by atoms with E-state index in [-0.39, 0.29) is 20.9 Å². The number of amides is 1. The molecule has 0 radical (unpaired) electrons. The zero-order valence-electron chi connectivity index (χ0n) is 13.6. The minimum atomic E-state index is -0.642. The summed E-state index contributed by atoms with van der Waals surface area (Å²) in [7, 11) is 0. The second kappa shape index (κ2) is 7.63. The fraction of sp³-hybridized carbons (Fsp3) is 0.118. The lowest BCUT2D eigenvalue weighted by atomic mass is 10.1. The van der Waals surface area contributed by atoms with Crippen molar-refractivity contribution in [3.05, 3.63) is 68.3 Å². The Bertz CT molecular complexity index is 932. The Morgan fingerprint density at radius 3 is 2.65 bits per heavy atom. The first-order chi connectivity index (χ1) is 12.5. The predicted molar refractivity (Wildman–Crippen MR) is 104 cm³/mol. The first-order valence-corrected chi connectivity index (χ1v) is 8.85. The van der Waals surface area contributed by atoms with Crippen LogP contribution in [0.3, 0.4) is 0 Å². The third-order valence-corrected chi connectivity index (χ3v) is 4.83. The standard InChI is InChI=1S/C17H13N3O4S2/c1-2-11-3-5-12(6-4-11)10-18-19-16(21)14(26-17(19)25)9-13-7-8-15(24-13)20(22)23/h3-10H,2H2,1H3/b14-9+,18-10+. The number of furan rings is 1. The summed E-state index contributed by atoms with van der Waals surface area (Å²) in [6.07, 6.45) is 3.92. The SMILES string of the molecule is CCc1ccc(/C=N/N2C(=O)/C(=C\c3ccc([N+](=O)[O-])o3)SC2=S)cc1. The summed E-state index contributed by atoms with van der Waals surface area (Å²) in [5, 5.41) is 15.9. The molecular weight excluding hydrogens is 374 g/mol. The lowest BCUT2D eigenvalue weighted by Gasteiger charge is -2.06. The second-order valence-electron chi connectivity index (χ2n) is 5.27. The molecule has 9 heteroatoms. The van der Waals surface area contributed by atoms with Crippen molar-refractivity contribution >= 4 is 52.4 Å². The summed E-state index contributed by atoms with van der Waals surface area (Å²) in [6, 6.07) is 10.5. The van der Waals surface area contributed by atoms with Gasteiger partial charge in [0.2, 0.25) is 0 Å². The van der Waals surface area contributed by atoms with Crippen LogP contribution in [0.25, 0.3) is 6.08 Å². The van der Waals surface area contributed by atoms with Gasteiger partial charge in [0.15, 0.2) is 4.32 Å². The van der Waals surface area contributed by atoms with Crippen molar-refractivity contribution in [3.63, 3.8) is 0 Å². The van der Waals surface area contributed by atoms with E-state index in [1.807, 2.05) is 24.3 Å². The second-order valence-corrected chi connectivity index (χ2v) is 6.94. The highest BCUT2D eigenvalue weighted by molar-refractivity contribution is 8.26. The first kappa shape index (κ1) is 18.0. The van der Waals surface area contributed by atoms with Crippen LogP contribution in [-0.2, 0) is 11.2 Å². The van der Waals surface area contributed by atoms with Crippen LogP contribution in [0.5, 0.6) is 0 Å². The highest BCUT2D eigenvalue weighted by Gasteiger charge is 2.32. The molecule has 1 aliphatic rings.